The molecule has 94 valence electrons. The van der Waals surface area contributed by atoms with Crippen molar-refractivity contribution in [2.75, 3.05) is 20.2 Å². The Kier molecular flexibility index (Phi) is 4.05. The largest absolute Gasteiger partial charge is 0.497 e. The highest BCUT2D eigenvalue weighted by atomic mass is 79.9. The number of alkyl halides is 1. The molecule has 1 fully saturated rings. The molecule has 1 aliphatic heterocycles. The van der Waals surface area contributed by atoms with Gasteiger partial charge in [0.1, 0.15) is 11.4 Å². The molecule has 1 N–H and O–H groups in total. The van der Waals surface area contributed by atoms with Crippen molar-refractivity contribution in [1.82, 2.24) is 5.32 Å². The van der Waals surface area contributed by atoms with E-state index in [1.54, 1.807) is 7.11 Å². The van der Waals surface area contributed by atoms with Crippen LogP contribution in [-0.4, -0.2) is 25.9 Å². The van der Waals surface area contributed by atoms with E-state index in [2.05, 4.69) is 21.2 Å². The van der Waals surface area contributed by atoms with Crippen molar-refractivity contribution in [3.05, 3.63) is 28.2 Å². The second-order valence-electron chi connectivity index (χ2n) is 4.54. The number of nitrogens with one attached hydrogen (secondary N) is 1. The van der Waals surface area contributed by atoms with Crippen molar-refractivity contribution in [2.45, 2.75) is 24.9 Å². The van der Waals surface area contributed by atoms with Gasteiger partial charge >= 0.3 is 0 Å². The van der Waals surface area contributed by atoms with Gasteiger partial charge < -0.3 is 10.1 Å². The molecule has 4 heteroatoms. The van der Waals surface area contributed by atoms with Crippen LogP contribution >= 0.6 is 15.9 Å². The van der Waals surface area contributed by atoms with E-state index >= 15 is 0 Å². The van der Waals surface area contributed by atoms with Crippen LogP contribution in [0.3, 0.4) is 0 Å². The predicted molar refractivity (Wildman–Crippen MR) is 70.3 cm³/mol. The summed E-state index contributed by atoms with van der Waals surface area (Å²) in [7, 11) is 1.63. The number of piperidine rings is 1. The Morgan fingerprint density at radius 2 is 2.12 bits per heavy atom. The molecule has 0 aromatic heterocycles. The lowest BCUT2D eigenvalue weighted by molar-refractivity contribution is 0.116. The fourth-order valence-electron chi connectivity index (χ4n) is 2.21. The Morgan fingerprint density at radius 3 is 2.76 bits per heavy atom. The van der Waals surface area contributed by atoms with Crippen LogP contribution in [0.2, 0.25) is 0 Å². The number of halogens is 2. The van der Waals surface area contributed by atoms with E-state index in [4.69, 9.17) is 4.74 Å². The fraction of sp³-hybridized carbons (Fsp3) is 0.538. The van der Waals surface area contributed by atoms with Crippen LogP contribution in [0.15, 0.2) is 22.7 Å². The summed E-state index contributed by atoms with van der Waals surface area (Å²) in [5.41, 5.74) is -0.103. The molecule has 0 aliphatic carbocycles. The second kappa shape index (κ2) is 5.36. The van der Waals surface area contributed by atoms with E-state index in [1.165, 1.54) is 0 Å². The SMILES string of the molecule is COc1ccc(Br)c(CC2(F)CCNCC2)c1. The molecule has 1 heterocycles. The molecular formula is C13H17BrFNO. The normalized spacial score (nSPS) is 19.0. The van der Waals surface area contributed by atoms with E-state index in [0.29, 0.717) is 19.3 Å². The van der Waals surface area contributed by atoms with Crippen molar-refractivity contribution in [3.8, 4) is 5.75 Å². The highest BCUT2D eigenvalue weighted by Crippen LogP contribution is 2.32. The van der Waals surface area contributed by atoms with E-state index in [0.717, 1.165) is 28.9 Å². The van der Waals surface area contributed by atoms with Gasteiger partial charge in [-0.15, -0.1) is 0 Å². The standard InChI is InChI=1S/C13H17BrFNO/c1-17-11-2-3-12(14)10(8-11)9-13(15)4-6-16-7-5-13/h2-3,8,16H,4-7,9H2,1H3. The molecule has 0 unspecified atom stereocenters. The molecule has 1 saturated heterocycles. The summed E-state index contributed by atoms with van der Waals surface area (Å²) in [5, 5.41) is 3.19. The van der Waals surface area contributed by atoms with Crippen LogP contribution < -0.4 is 10.1 Å². The number of hydrogen-bond donors (Lipinski definition) is 1. The van der Waals surface area contributed by atoms with Crippen LogP contribution in [0.25, 0.3) is 0 Å². The Labute approximate surface area is 110 Å². The van der Waals surface area contributed by atoms with Crippen molar-refractivity contribution < 1.29 is 9.13 Å². The molecule has 0 spiro atoms. The lowest BCUT2D eigenvalue weighted by Crippen LogP contribution is -2.40. The van der Waals surface area contributed by atoms with Gasteiger partial charge in [-0.1, -0.05) is 15.9 Å². The van der Waals surface area contributed by atoms with Crippen LogP contribution in [0.4, 0.5) is 4.39 Å². The summed E-state index contributed by atoms with van der Waals surface area (Å²) in [6, 6.07) is 5.70. The Balaban J connectivity index is 2.16. The van der Waals surface area contributed by atoms with E-state index in [9.17, 15) is 4.39 Å². The average molecular weight is 302 g/mol. The fourth-order valence-corrected chi connectivity index (χ4v) is 2.59. The lowest BCUT2D eigenvalue weighted by atomic mass is 9.88. The van der Waals surface area contributed by atoms with Crippen LogP contribution in [0, 0.1) is 0 Å². The molecule has 2 nitrogen and oxygen atoms in total. The number of benzene rings is 1. The first kappa shape index (κ1) is 12.8. The molecule has 0 amide bonds. The smallest absolute Gasteiger partial charge is 0.119 e. The summed E-state index contributed by atoms with van der Waals surface area (Å²) in [6.07, 6.45) is 1.61. The average Bonchev–Trinajstić information content (AvgIpc) is 2.33. The zero-order chi connectivity index (χ0) is 12.3. The monoisotopic (exact) mass is 301 g/mol. The third kappa shape index (κ3) is 3.19. The topological polar surface area (TPSA) is 21.3 Å². The number of methoxy groups -OCH3 is 1. The van der Waals surface area contributed by atoms with Crippen molar-refractivity contribution in [1.29, 1.82) is 0 Å². The van der Waals surface area contributed by atoms with Gasteiger partial charge in [0.2, 0.25) is 0 Å². The first-order valence-electron chi connectivity index (χ1n) is 5.85. The van der Waals surface area contributed by atoms with E-state index in [-0.39, 0.29) is 0 Å². The molecule has 0 bridgehead atoms. The van der Waals surface area contributed by atoms with Crippen LogP contribution in [0.5, 0.6) is 5.75 Å². The Bertz CT molecular complexity index is 391. The Morgan fingerprint density at radius 1 is 1.41 bits per heavy atom. The molecule has 17 heavy (non-hydrogen) atoms. The van der Waals surface area contributed by atoms with Gasteiger partial charge in [0.05, 0.1) is 7.11 Å². The van der Waals surface area contributed by atoms with Gasteiger partial charge in [0, 0.05) is 10.9 Å². The number of ether oxygens (including phenoxy) is 1. The molecule has 0 radical (unpaired) electrons. The zero-order valence-electron chi connectivity index (χ0n) is 9.93. The lowest BCUT2D eigenvalue weighted by Gasteiger charge is -2.30. The number of hydrogen-bond acceptors (Lipinski definition) is 2. The second-order valence-corrected chi connectivity index (χ2v) is 5.39. The molecule has 0 atom stereocenters. The zero-order valence-corrected chi connectivity index (χ0v) is 11.5. The van der Waals surface area contributed by atoms with E-state index < -0.39 is 5.67 Å². The summed E-state index contributed by atoms with van der Waals surface area (Å²) in [5.74, 6) is 0.778. The predicted octanol–water partition coefficient (Wildman–Crippen LogP) is 3.09. The summed E-state index contributed by atoms with van der Waals surface area (Å²) < 4.78 is 20.7. The molecule has 2 rings (SSSR count). The van der Waals surface area contributed by atoms with Gasteiger partial charge in [0.15, 0.2) is 0 Å². The molecule has 1 aliphatic rings. The summed E-state index contributed by atoms with van der Waals surface area (Å²) >= 11 is 3.47. The Hall–Kier alpha value is -0.610. The minimum absolute atomic E-state index is 0.451. The molecule has 0 saturated carbocycles. The van der Waals surface area contributed by atoms with Crippen LogP contribution in [-0.2, 0) is 6.42 Å². The van der Waals surface area contributed by atoms with Crippen LogP contribution in [0.1, 0.15) is 18.4 Å². The summed E-state index contributed by atoms with van der Waals surface area (Å²) in [6.45, 7) is 1.52. The van der Waals surface area contributed by atoms with Gasteiger partial charge in [-0.25, -0.2) is 4.39 Å². The highest BCUT2D eigenvalue weighted by molar-refractivity contribution is 9.10. The maximum atomic E-state index is 14.6. The van der Waals surface area contributed by atoms with Gasteiger partial charge in [-0.2, -0.15) is 0 Å². The summed E-state index contributed by atoms with van der Waals surface area (Å²) in [4.78, 5) is 0. The minimum Gasteiger partial charge on any atom is -0.497 e. The molecular weight excluding hydrogens is 285 g/mol. The van der Waals surface area contributed by atoms with Crippen molar-refractivity contribution >= 4 is 15.9 Å². The van der Waals surface area contributed by atoms with Gasteiger partial charge in [-0.05, 0) is 49.7 Å². The minimum atomic E-state index is -1.08. The van der Waals surface area contributed by atoms with Crippen molar-refractivity contribution in [2.24, 2.45) is 0 Å². The van der Waals surface area contributed by atoms with Gasteiger partial charge in [0.25, 0.3) is 0 Å². The third-order valence-corrected chi connectivity index (χ3v) is 4.03. The maximum absolute atomic E-state index is 14.6. The molecule has 1 aromatic carbocycles. The first-order chi connectivity index (χ1) is 8.13. The highest BCUT2D eigenvalue weighted by Gasteiger charge is 2.32. The quantitative estimate of drug-likeness (QED) is 0.926. The maximum Gasteiger partial charge on any atom is 0.119 e. The van der Waals surface area contributed by atoms with Gasteiger partial charge in [-0.3, -0.25) is 0 Å². The molecule has 1 aromatic rings. The van der Waals surface area contributed by atoms with Crippen molar-refractivity contribution in [3.63, 3.8) is 0 Å². The number of rotatable bonds is 3. The van der Waals surface area contributed by atoms with E-state index in [1.807, 2.05) is 18.2 Å². The first-order valence-corrected chi connectivity index (χ1v) is 6.64. The third-order valence-electron chi connectivity index (χ3n) is 3.26.